The Labute approximate surface area is 149 Å². The molecule has 0 aliphatic carbocycles. The van der Waals surface area contributed by atoms with Gasteiger partial charge >= 0.3 is 0 Å². The van der Waals surface area contributed by atoms with Gasteiger partial charge in [-0.3, -0.25) is 9.78 Å². The highest BCUT2D eigenvalue weighted by Gasteiger charge is 2.14. The Morgan fingerprint density at radius 2 is 2.08 bits per heavy atom. The van der Waals surface area contributed by atoms with Gasteiger partial charge in [-0.1, -0.05) is 28.1 Å². The second-order valence-electron chi connectivity index (χ2n) is 5.63. The van der Waals surface area contributed by atoms with Crippen LogP contribution in [0, 0.1) is 0 Å². The lowest BCUT2D eigenvalue weighted by Crippen LogP contribution is -1.94. The molecule has 4 aromatic heterocycles. The van der Waals surface area contributed by atoms with Crippen LogP contribution in [0.15, 0.2) is 47.3 Å². The van der Waals surface area contributed by atoms with Crippen molar-refractivity contribution in [3.05, 3.63) is 47.3 Å². The Bertz CT molecular complexity index is 1230. The minimum Gasteiger partial charge on any atom is -0.274 e. The zero-order chi connectivity index (χ0) is 17.0. The molecule has 0 aliphatic heterocycles. The van der Waals surface area contributed by atoms with Crippen molar-refractivity contribution < 1.29 is 0 Å². The van der Waals surface area contributed by atoms with Gasteiger partial charge in [0.2, 0.25) is 0 Å². The summed E-state index contributed by atoms with van der Waals surface area (Å²) in [7, 11) is 1.85. The molecule has 5 rings (SSSR count). The fraction of sp³-hybridized carbons (Fsp3) is 0.0625. The molecule has 25 heavy (non-hydrogen) atoms. The third kappa shape index (κ3) is 2.23. The van der Waals surface area contributed by atoms with Crippen LogP contribution in [0.4, 0.5) is 0 Å². The van der Waals surface area contributed by atoms with Crippen molar-refractivity contribution in [1.29, 1.82) is 0 Å². The van der Waals surface area contributed by atoms with E-state index in [0.29, 0.717) is 11.5 Å². The normalized spacial score (nSPS) is 11.6. The van der Waals surface area contributed by atoms with Crippen LogP contribution in [0.1, 0.15) is 0 Å². The van der Waals surface area contributed by atoms with Gasteiger partial charge in [0.05, 0.1) is 17.3 Å². The number of aryl methyl sites for hydroxylation is 1. The number of hydrogen-bond acceptors (Lipinski definition) is 5. The summed E-state index contributed by atoms with van der Waals surface area (Å²) in [6.45, 7) is 0. The van der Waals surface area contributed by atoms with Crippen molar-refractivity contribution in [3.63, 3.8) is 0 Å². The first kappa shape index (κ1) is 14.3. The van der Waals surface area contributed by atoms with Crippen molar-refractivity contribution in [2.45, 2.75) is 0 Å². The van der Waals surface area contributed by atoms with Crippen molar-refractivity contribution in [2.75, 3.05) is 0 Å². The molecule has 4 heterocycles. The van der Waals surface area contributed by atoms with Gasteiger partial charge in [-0.05, 0) is 18.2 Å². The van der Waals surface area contributed by atoms with Crippen LogP contribution < -0.4 is 0 Å². The van der Waals surface area contributed by atoms with Crippen molar-refractivity contribution >= 4 is 32.6 Å². The van der Waals surface area contributed by atoms with Crippen molar-refractivity contribution in [1.82, 2.24) is 39.6 Å². The topological polar surface area (TPSA) is 89.6 Å². The molecule has 0 fully saturated rings. The minimum absolute atomic E-state index is 0.562. The third-order valence-corrected chi connectivity index (χ3v) is 4.50. The van der Waals surface area contributed by atoms with E-state index in [2.05, 4.69) is 46.3 Å². The van der Waals surface area contributed by atoms with E-state index in [1.54, 1.807) is 21.7 Å². The molecule has 0 aliphatic rings. The zero-order valence-corrected chi connectivity index (χ0v) is 14.6. The van der Waals surface area contributed by atoms with Gasteiger partial charge in [-0.15, -0.1) is 5.10 Å². The van der Waals surface area contributed by atoms with Crippen LogP contribution in [-0.4, -0.2) is 39.6 Å². The molecule has 0 unspecified atom stereocenters. The Morgan fingerprint density at radius 3 is 2.96 bits per heavy atom. The predicted molar refractivity (Wildman–Crippen MR) is 95.8 cm³/mol. The molecule has 9 heteroatoms. The minimum atomic E-state index is 0.562. The lowest BCUT2D eigenvalue weighted by atomic mass is 10.1. The SMILES string of the molecule is Cn1ncc2c1ncn1nc(-c3cc(-c4cccc(Br)c4)n[nH]3)nc21. The van der Waals surface area contributed by atoms with Crippen LogP contribution >= 0.6 is 15.9 Å². The van der Waals surface area contributed by atoms with Gasteiger partial charge < -0.3 is 0 Å². The smallest absolute Gasteiger partial charge is 0.200 e. The van der Waals surface area contributed by atoms with E-state index < -0.39 is 0 Å². The van der Waals surface area contributed by atoms with Gasteiger partial charge in [0, 0.05) is 17.1 Å². The quantitative estimate of drug-likeness (QED) is 0.497. The van der Waals surface area contributed by atoms with Crippen LogP contribution in [0.5, 0.6) is 0 Å². The first-order chi connectivity index (χ1) is 12.2. The van der Waals surface area contributed by atoms with E-state index >= 15 is 0 Å². The van der Waals surface area contributed by atoms with Crippen LogP contribution in [0.3, 0.4) is 0 Å². The predicted octanol–water partition coefficient (Wildman–Crippen LogP) is 2.83. The van der Waals surface area contributed by atoms with E-state index in [1.165, 1.54) is 0 Å². The molecule has 0 saturated heterocycles. The molecule has 1 aromatic carbocycles. The lowest BCUT2D eigenvalue weighted by molar-refractivity contribution is 0.783. The highest BCUT2D eigenvalue weighted by atomic mass is 79.9. The number of aromatic nitrogens is 8. The summed E-state index contributed by atoms with van der Waals surface area (Å²) in [6, 6.07) is 9.91. The maximum Gasteiger partial charge on any atom is 0.200 e. The summed E-state index contributed by atoms with van der Waals surface area (Å²) < 4.78 is 4.37. The first-order valence-electron chi connectivity index (χ1n) is 7.54. The Hall–Kier alpha value is -3.07. The summed E-state index contributed by atoms with van der Waals surface area (Å²) in [5.41, 5.74) is 4.07. The van der Waals surface area contributed by atoms with Gasteiger partial charge in [0.25, 0.3) is 0 Å². The second kappa shape index (κ2) is 5.21. The van der Waals surface area contributed by atoms with E-state index in [1.807, 2.05) is 37.4 Å². The van der Waals surface area contributed by atoms with Gasteiger partial charge in [0.1, 0.15) is 12.0 Å². The zero-order valence-electron chi connectivity index (χ0n) is 13.0. The number of rotatable bonds is 2. The highest BCUT2D eigenvalue weighted by Crippen LogP contribution is 2.25. The van der Waals surface area contributed by atoms with Crippen LogP contribution in [0.2, 0.25) is 0 Å². The van der Waals surface area contributed by atoms with Crippen LogP contribution in [-0.2, 0) is 7.05 Å². The van der Waals surface area contributed by atoms with Crippen molar-refractivity contribution in [2.24, 2.45) is 7.05 Å². The number of hydrogen-bond donors (Lipinski definition) is 1. The number of nitrogens with zero attached hydrogens (tertiary/aromatic N) is 7. The molecule has 0 amide bonds. The number of H-pyrrole nitrogens is 1. The third-order valence-electron chi connectivity index (χ3n) is 4.01. The average molecular weight is 395 g/mol. The van der Waals surface area contributed by atoms with E-state index in [9.17, 15) is 0 Å². The number of fused-ring (bicyclic) bond motifs is 3. The number of benzene rings is 1. The number of aromatic amines is 1. The monoisotopic (exact) mass is 394 g/mol. The Kier molecular flexibility index (Phi) is 2.98. The van der Waals surface area contributed by atoms with E-state index in [4.69, 9.17) is 0 Å². The lowest BCUT2D eigenvalue weighted by Gasteiger charge is -1.95. The average Bonchev–Trinajstić information content (AvgIpc) is 3.32. The summed E-state index contributed by atoms with van der Waals surface area (Å²) >= 11 is 3.48. The second-order valence-corrected chi connectivity index (χ2v) is 6.55. The fourth-order valence-corrected chi connectivity index (χ4v) is 3.18. The maximum absolute atomic E-state index is 4.63. The summed E-state index contributed by atoms with van der Waals surface area (Å²) in [4.78, 5) is 9.00. The number of nitrogens with one attached hydrogen (secondary N) is 1. The molecule has 0 spiro atoms. The molecular weight excluding hydrogens is 384 g/mol. The molecular formula is C16H11BrN8. The van der Waals surface area contributed by atoms with Crippen LogP contribution in [0.25, 0.3) is 39.5 Å². The molecule has 1 N–H and O–H groups in total. The summed E-state index contributed by atoms with van der Waals surface area (Å²) in [6.07, 6.45) is 3.39. The van der Waals surface area contributed by atoms with Gasteiger partial charge in [-0.2, -0.15) is 10.2 Å². The molecule has 5 aromatic rings. The first-order valence-corrected chi connectivity index (χ1v) is 8.33. The standard InChI is InChI=1S/C16H11BrN8/c1-24-15-11(7-19-24)16-20-14(23-25(16)8-18-15)13-6-12(21-22-13)9-3-2-4-10(17)5-9/h2-8H,1H3,(H,21,22). The highest BCUT2D eigenvalue weighted by molar-refractivity contribution is 9.10. The Morgan fingerprint density at radius 1 is 1.16 bits per heavy atom. The molecule has 0 saturated carbocycles. The van der Waals surface area contributed by atoms with Gasteiger partial charge in [0.15, 0.2) is 17.1 Å². The van der Waals surface area contributed by atoms with E-state index in [0.717, 1.165) is 32.5 Å². The van der Waals surface area contributed by atoms with Gasteiger partial charge in [-0.25, -0.2) is 14.5 Å². The molecule has 0 atom stereocenters. The largest absolute Gasteiger partial charge is 0.274 e. The van der Waals surface area contributed by atoms with E-state index in [-0.39, 0.29) is 0 Å². The molecule has 122 valence electrons. The summed E-state index contributed by atoms with van der Waals surface area (Å²) in [5, 5.41) is 17.0. The Balaban J connectivity index is 1.63. The molecule has 0 radical (unpaired) electrons. The molecule has 8 nitrogen and oxygen atoms in total. The maximum atomic E-state index is 4.63. The molecule has 0 bridgehead atoms. The van der Waals surface area contributed by atoms with Crippen molar-refractivity contribution in [3.8, 4) is 22.8 Å². The number of halogens is 1. The summed E-state index contributed by atoms with van der Waals surface area (Å²) in [5.74, 6) is 0.562. The fourth-order valence-electron chi connectivity index (χ4n) is 2.78.